The number of aliphatic hydroxyl groups excluding tert-OH is 1. The van der Waals surface area contributed by atoms with Gasteiger partial charge >= 0.3 is 0 Å². The summed E-state index contributed by atoms with van der Waals surface area (Å²) in [5.41, 5.74) is 4.94. The summed E-state index contributed by atoms with van der Waals surface area (Å²) in [4.78, 5) is 6.49. The lowest BCUT2D eigenvalue weighted by Crippen LogP contribution is -2.31. The zero-order valence-corrected chi connectivity index (χ0v) is 18.9. The lowest BCUT2D eigenvalue weighted by molar-refractivity contribution is -0.00336. The van der Waals surface area contributed by atoms with Crippen molar-refractivity contribution in [3.63, 3.8) is 0 Å². The monoisotopic (exact) mass is 395 g/mol. The Morgan fingerprint density at radius 3 is 1.41 bits per heavy atom. The van der Waals surface area contributed by atoms with E-state index in [1.807, 2.05) is 5.06 Å². The predicted octanol–water partition coefficient (Wildman–Crippen LogP) is 6.65. The Morgan fingerprint density at radius 1 is 0.690 bits per heavy atom. The number of hydrogen-bond acceptors (Lipinski definition) is 3. The quantitative estimate of drug-likeness (QED) is 0.588. The van der Waals surface area contributed by atoms with Gasteiger partial charge in [0.15, 0.2) is 0 Å². The van der Waals surface area contributed by atoms with Gasteiger partial charge in [-0.25, -0.2) is 5.06 Å². The average molecular weight is 396 g/mol. The fraction of sp³-hybridized carbons (Fsp3) is 0.538. The normalized spacial score (nSPS) is 20.5. The van der Waals surface area contributed by atoms with E-state index in [9.17, 15) is 5.11 Å². The molecule has 0 unspecified atom stereocenters. The molecule has 0 bridgehead atoms. The van der Waals surface area contributed by atoms with E-state index < -0.39 is 0 Å². The number of rotatable bonds is 4. The highest BCUT2D eigenvalue weighted by atomic mass is 16.7. The van der Waals surface area contributed by atoms with E-state index in [2.05, 4.69) is 90.1 Å². The summed E-state index contributed by atoms with van der Waals surface area (Å²) < 4.78 is 0. The number of hydrogen-bond donors (Lipinski definition) is 1. The molecule has 3 heteroatoms. The van der Waals surface area contributed by atoms with Crippen LogP contribution in [-0.2, 0) is 15.7 Å². The van der Waals surface area contributed by atoms with E-state index in [0.717, 1.165) is 37.1 Å². The molecule has 2 aromatic rings. The van der Waals surface area contributed by atoms with Crippen LogP contribution in [0.4, 0.5) is 11.4 Å². The van der Waals surface area contributed by atoms with Crippen LogP contribution in [0.1, 0.15) is 78.4 Å². The van der Waals surface area contributed by atoms with E-state index in [-0.39, 0.29) is 23.0 Å². The number of nitrogens with zero attached hydrogens (tertiary/aromatic N) is 1. The first-order chi connectivity index (χ1) is 13.5. The van der Waals surface area contributed by atoms with Crippen molar-refractivity contribution in [1.82, 2.24) is 0 Å². The molecule has 3 nitrogen and oxygen atoms in total. The lowest BCUT2D eigenvalue weighted by Gasteiger charge is -2.33. The number of benzene rings is 2. The molecular formula is C26H37NO2. The number of anilines is 2. The van der Waals surface area contributed by atoms with Crippen molar-refractivity contribution < 1.29 is 9.94 Å². The Labute approximate surface area is 176 Å². The van der Waals surface area contributed by atoms with E-state index >= 15 is 0 Å². The van der Waals surface area contributed by atoms with Gasteiger partial charge in [0.1, 0.15) is 0 Å². The number of aliphatic hydroxyl groups is 1. The highest BCUT2D eigenvalue weighted by molar-refractivity contribution is 5.61. The molecule has 0 amide bonds. The molecule has 2 aromatic carbocycles. The minimum Gasteiger partial charge on any atom is -0.393 e. The maximum atomic E-state index is 9.84. The van der Waals surface area contributed by atoms with Gasteiger partial charge in [-0.05, 0) is 71.9 Å². The average Bonchev–Trinajstić information content (AvgIpc) is 2.66. The molecule has 0 atom stereocenters. The van der Waals surface area contributed by atoms with Gasteiger partial charge in [-0.3, -0.25) is 4.84 Å². The topological polar surface area (TPSA) is 32.7 Å². The Morgan fingerprint density at radius 2 is 1.07 bits per heavy atom. The zero-order valence-electron chi connectivity index (χ0n) is 18.9. The van der Waals surface area contributed by atoms with E-state index in [1.54, 1.807) is 0 Å². The van der Waals surface area contributed by atoms with Crippen LogP contribution in [0.5, 0.6) is 0 Å². The maximum Gasteiger partial charge on any atom is 0.0863 e. The minimum absolute atomic E-state index is 0.123. The molecule has 29 heavy (non-hydrogen) atoms. The second-order valence-corrected chi connectivity index (χ2v) is 10.4. The van der Waals surface area contributed by atoms with Crippen LogP contribution in [0, 0.1) is 0 Å². The van der Waals surface area contributed by atoms with Gasteiger partial charge in [0.05, 0.1) is 23.6 Å². The van der Waals surface area contributed by atoms with Gasteiger partial charge in [0.2, 0.25) is 0 Å². The molecule has 1 fully saturated rings. The SMILES string of the molecule is CC(C)(C)c1ccc(N(OC2CCC(O)CC2)c2ccc(C(C)(C)C)cc2)cc1. The van der Waals surface area contributed by atoms with Crippen molar-refractivity contribution in [2.75, 3.05) is 5.06 Å². The van der Waals surface area contributed by atoms with Gasteiger partial charge in [0.25, 0.3) is 0 Å². The molecule has 1 aliphatic carbocycles. The smallest absolute Gasteiger partial charge is 0.0863 e. The van der Waals surface area contributed by atoms with Crippen LogP contribution in [0.15, 0.2) is 48.5 Å². The summed E-state index contributed by atoms with van der Waals surface area (Å²) >= 11 is 0. The van der Waals surface area contributed by atoms with Gasteiger partial charge in [-0.2, -0.15) is 0 Å². The summed E-state index contributed by atoms with van der Waals surface area (Å²) in [5, 5.41) is 11.8. The standard InChI is InChI=1S/C26H37NO2/c1-25(2,3)19-7-11-21(12-8-19)27(29-24-17-15-23(28)16-18-24)22-13-9-20(10-14-22)26(4,5)6/h7-14,23-24,28H,15-18H2,1-6H3. The van der Waals surface area contributed by atoms with Crippen LogP contribution in [0.3, 0.4) is 0 Å². The predicted molar refractivity (Wildman–Crippen MR) is 122 cm³/mol. The van der Waals surface area contributed by atoms with E-state index in [0.29, 0.717) is 0 Å². The molecule has 1 N–H and O–H groups in total. The van der Waals surface area contributed by atoms with Crippen molar-refractivity contribution in [3.8, 4) is 0 Å². The van der Waals surface area contributed by atoms with Gasteiger partial charge < -0.3 is 5.11 Å². The van der Waals surface area contributed by atoms with Gasteiger partial charge in [0, 0.05) is 0 Å². The van der Waals surface area contributed by atoms with Crippen molar-refractivity contribution in [2.24, 2.45) is 0 Å². The molecule has 1 aliphatic rings. The third-order valence-corrected chi connectivity index (χ3v) is 5.83. The Balaban J connectivity index is 1.89. The molecule has 0 radical (unpaired) electrons. The van der Waals surface area contributed by atoms with E-state index in [4.69, 9.17) is 4.84 Å². The van der Waals surface area contributed by atoms with Crippen LogP contribution in [0.25, 0.3) is 0 Å². The molecule has 158 valence electrons. The minimum atomic E-state index is -0.180. The second-order valence-electron chi connectivity index (χ2n) is 10.4. The molecule has 0 aliphatic heterocycles. The first-order valence-corrected chi connectivity index (χ1v) is 10.9. The third-order valence-electron chi connectivity index (χ3n) is 5.83. The van der Waals surface area contributed by atoms with Crippen LogP contribution in [-0.4, -0.2) is 17.3 Å². The highest BCUT2D eigenvalue weighted by Crippen LogP contribution is 2.33. The third kappa shape index (κ3) is 5.61. The summed E-state index contributed by atoms with van der Waals surface area (Å²) in [5.74, 6) is 0. The van der Waals surface area contributed by atoms with Crippen LogP contribution >= 0.6 is 0 Å². The maximum absolute atomic E-state index is 9.84. The molecule has 0 heterocycles. The summed E-state index contributed by atoms with van der Waals surface area (Å²) in [6.07, 6.45) is 3.34. The van der Waals surface area contributed by atoms with Crippen molar-refractivity contribution >= 4 is 11.4 Å². The highest BCUT2D eigenvalue weighted by Gasteiger charge is 2.24. The molecule has 1 saturated carbocycles. The first kappa shape index (κ1) is 21.9. The lowest BCUT2D eigenvalue weighted by atomic mass is 9.87. The van der Waals surface area contributed by atoms with E-state index in [1.165, 1.54) is 11.1 Å². The Hall–Kier alpha value is -1.84. The summed E-state index contributed by atoms with van der Waals surface area (Å²) in [6, 6.07) is 17.4. The Bertz CT molecular complexity index is 716. The van der Waals surface area contributed by atoms with Gasteiger partial charge in [-0.1, -0.05) is 65.8 Å². The van der Waals surface area contributed by atoms with Crippen LogP contribution in [0.2, 0.25) is 0 Å². The summed E-state index contributed by atoms with van der Waals surface area (Å²) in [7, 11) is 0. The molecular weight excluding hydrogens is 358 g/mol. The van der Waals surface area contributed by atoms with Gasteiger partial charge in [-0.15, -0.1) is 0 Å². The zero-order chi connectivity index (χ0) is 21.2. The molecule has 3 rings (SSSR count). The fourth-order valence-electron chi connectivity index (χ4n) is 3.76. The molecule has 0 aromatic heterocycles. The molecule has 0 spiro atoms. The molecule has 0 saturated heterocycles. The van der Waals surface area contributed by atoms with Crippen molar-refractivity contribution in [2.45, 2.75) is 90.3 Å². The van der Waals surface area contributed by atoms with Crippen LogP contribution < -0.4 is 5.06 Å². The first-order valence-electron chi connectivity index (χ1n) is 10.9. The van der Waals surface area contributed by atoms with Crippen molar-refractivity contribution in [1.29, 1.82) is 0 Å². The fourth-order valence-corrected chi connectivity index (χ4v) is 3.76. The second kappa shape index (κ2) is 8.49. The van der Waals surface area contributed by atoms with Crippen molar-refractivity contribution in [3.05, 3.63) is 59.7 Å². The Kier molecular flexibility index (Phi) is 6.40. The summed E-state index contributed by atoms with van der Waals surface area (Å²) in [6.45, 7) is 13.4. The largest absolute Gasteiger partial charge is 0.393 e.